The Labute approximate surface area is 117 Å². The highest BCUT2D eigenvalue weighted by atomic mass is 32.1. The third-order valence-corrected chi connectivity index (χ3v) is 4.29. The normalized spacial score (nSPS) is 21.7. The van der Waals surface area contributed by atoms with Gasteiger partial charge in [-0.1, -0.05) is 25.1 Å². The highest BCUT2D eigenvalue weighted by Crippen LogP contribution is 2.41. The molecule has 1 N–H and O–H groups in total. The van der Waals surface area contributed by atoms with Gasteiger partial charge >= 0.3 is 0 Å². The van der Waals surface area contributed by atoms with Crippen molar-refractivity contribution in [3.8, 4) is 5.75 Å². The molecule has 0 bridgehead atoms. The van der Waals surface area contributed by atoms with Crippen LogP contribution in [0, 0.1) is 0 Å². The van der Waals surface area contributed by atoms with E-state index in [0.717, 1.165) is 25.1 Å². The minimum absolute atomic E-state index is 0.122. The van der Waals surface area contributed by atoms with Crippen molar-refractivity contribution >= 4 is 11.3 Å². The minimum Gasteiger partial charge on any atom is -0.484 e. The maximum atomic E-state index is 6.12. The highest BCUT2D eigenvalue weighted by molar-refractivity contribution is 7.09. The Balaban J connectivity index is 1.87. The van der Waals surface area contributed by atoms with Crippen LogP contribution in [0.2, 0.25) is 0 Å². The van der Waals surface area contributed by atoms with Crippen molar-refractivity contribution in [2.75, 3.05) is 6.54 Å². The second kappa shape index (κ2) is 5.72. The molecule has 19 heavy (non-hydrogen) atoms. The molecule has 0 fully saturated rings. The van der Waals surface area contributed by atoms with Gasteiger partial charge in [0.05, 0.1) is 10.4 Å². The SMILES string of the molecule is CCCNC1CC(c2cncs2)Oc2ccccc21. The molecule has 3 nitrogen and oxygen atoms in total. The zero-order valence-corrected chi connectivity index (χ0v) is 11.8. The van der Waals surface area contributed by atoms with E-state index in [1.54, 1.807) is 11.3 Å². The molecule has 1 aromatic carbocycles. The number of benzene rings is 1. The summed E-state index contributed by atoms with van der Waals surface area (Å²) in [4.78, 5) is 5.36. The first-order valence-electron chi connectivity index (χ1n) is 6.76. The van der Waals surface area contributed by atoms with Crippen molar-refractivity contribution in [2.45, 2.75) is 31.9 Å². The fourth-order valence-electron chi connectivity index (χ4n) is 2.49. The van der Waals surface area contributed by atoms with Crippen LogP contribution < -0.4 is 10.1 Å². The number of ether oxygens (including phenoxy) is 1. The summed E-state index contributed by atoms with van der Waals surface area (Å²) in [5.74, 6) is 1.00. The van der Waals surface area contributed by atoms with Crippen LogP contribution in [-0.4, -0.2) is 11.5 Å². The van der Waals surface area contributed by atoms with E-state index in [1.807, 2.05) is 17.8 Å². The lowest BCUT2D eigenvalue weighted by Gasteiger charge is -2.32. The van der Waals surface area contributed by atoms with Crippen molar-refractivity contribution in [1.82, 2.24) is 10.3 Å². The maximum Gasteiger partial charge on any atom is 0.136 e. The van der Waals surface area contributed by atoms with Gasteiger partial charge in [0.2, 0.25) is 0 Å². The summed E-state index contributed by atoms with van der Waals surface area (Å²) < 4.78 is 6.12. The van der Waals surface area contributed by atoms with Gasteiger partial charge in [0.15, 0.2) is 0 Å². The maximum absolute atomic E-state index is 6.12. The van der Waals surface area contributed by atoms with Gasteiger partial charge in [-0.2, -0.15) is 0 Å². The smallest absolute Gasteiger partial charge is 0.136 e. The summed E-state index contributed by atoms with van der Waals surface area (Å²) in [5.41, 5.74) is 3.14. The fourth-order valence-corrected chi connectivity index (χ4v) is 3.15. The molecule has 2 aromatic rings. The van der Waals surface area contributed by atoms with Gasteiger partial charge in [-0.3, -0.25) is 4.98 Å². The molecule has 0 saturated carbocycles. The minimum atomic E-state index is 0.122. The number of hydrogen-bond donors (Lipinski definition) is 1. The van der Waals surface area contributed by atoms with Crippen LogP contribution in [0.15, 0.2) is 36.0 Å². The van der Waals surface area contributed by atoms with Crippen LogP contribution in [0.25, 0.3) is 0 Å². The number of hydrogen-bond acceptors (Lipinski definition) is 4. The molecule has 0 aliphatic carbocycles. The zero-order chi connectivity index (χ0) is 13.1. The molecule has 3 rings (SSSR count). The molecule has 0 radical (unpaired) electrons. The van der Waals surface area contributed by atoms with E-state index in [4.69, 9.17) is 4.74 Å². The van der Waals surface area contributed by atoms with Crippen LogP contribution in [-0.2, 0) is 0 Å². The molecule has 1 aliphatic rings. The van der Waals surface area contributed by atoms with E-state index in [1.165, 1.54) is 10.4 Å². The van der Waals surface area contributed by atoms with Crippen LogP contribution in [0.4, 0.5) is 0 Å². The quantitative estimate of drug-likeness (QED) is 0.923. The number of aromatic nitrogens is 1. The third-order valence-electron chi connectivity index (χ3n) is 3.42. The molecule has 0 saturated heterocycles. The first-order chi connectivity index (χ1) is 9.38. The standard InChI is InChI=1S/C15H18N2OS/c1-2-7-17-12-8-14(15-9-16-10-19-15)18-13-6-4-3-5-11(12)13/h3-6,9-10,12,14,17H,2,7-8H2,1H3. The number of thiazole rings is 1. The van der Waals surface area contributed by atoms with E-state index in [-0.39, 0.29) is 6.10 Å². The van der Waals surface area contributed by atoms with Gasteiger partial charge in [0, 0.05) is 24.2 Å². The molecule has 1 aliphatic heterocycles. The van der Waals surface area contributed by atoms with Gasteiger partial charge in [-0.25, -0.2) is 0 Å². The summed E-state index contributed by atoms with van der Waals surface area (Å²) >= 11 is 1.67. The molecule has 1 aromatic heterocycles. The Morgan fingerprint density at radius 1 is 1.42 bits per heavy atom. The van der Waals surface area contributed by atoms with Crippen LogP contribution in [0.1, 0.15) is 42.4 Å². The lowest BCUT2D eigenvalue weighted by atomic mass is 9.96. The number of fused-ring (bicyclic) bond motifs is 1. The number of nitrogens with one attached hydrogen (secondary N) is 1. The number of nitrogens with zero attached hydrogens (tertiary/aromatic N) is 1. The molecule has 4 heteroatoms. The molecule has 2 heterocycles. The van der Waals surface area contributed by atoms with Crippen molar-refractivity contribution in [1.29, 1.82) is 0 Å². The van der Waals surface area contributed by atoms with Crippen molar-refractivity contribution in [3.05, 3.63) is 46.4 Å². The van der Waals surface area contributed by atoms with Crippen molar-refractivity contribution in [3.63, 3.8) is 0 Å². The first kappa shape index (κ1) is 12.6. The second-order valence-corrected chi connectivity index (χ2v) is 5.71. The Kier molecular flexibility index (Phi) is 3.80. The summed E-state index contributed by atoms with van der Waals surface area (Å²) in [7, 11) is 0. The van der Waals surface area contributed by atoms with Crippen molar-refractivity contribution in [2.24, 2.45) is 0 Å². The number of para-hydroxylation sites is 1. The van der Waals surface area contributed by atoms with Gasteiger partial charge < -0.3 is 10.1 Å². The Morgan fingerprint density at radius 2 is 2.32 bits per heavy atom. The first-order valence-corrected chi connectivity index (χ1v) is 7.63. The van der Waals surface area contributed by atoms with E-state index < -0.39 is 0 Å². The van der Waals surface area contributed by atoms with E-state index >= 15 is 0 Å². The third kappa shape index (κ3) is 2.65. The van der Waals surface area contributed by atoms with E-state index in [0.29, 0.717) is 6.04 Å². The largest absolute Gasteiger partial charge is 0.484 e. The average molecular weight is 274 g/mol. The molecule has 100 valence electrons. The van der Waals surface area contributed by atoms with Crippen molar-refractivity contribution < 1.29 is 4.74 Å². The molecule has 0 amide bonds. The summed E-state index contributed by atoms with van der Waals surface area (Å²) in [6, 6.07) is 8.70. The predicted octanol–water partition coefficient (Wildman–Crippen LogP) is 3.71. The van der Waals surface area contributed by atoms with Crippen LogP contribution in [0.5, 0.6) is 5.75 Å². The second-order valence-electron chi connectivity index (χ2n) is 4.79. The Morgan fingerprint density at radius 3 is 3.11 bits per heavy atom. The molecule has 2 atom stereocenters. The highest BCUT2D eigenvalue weighted by Gasteiger charge is 2.29. The van der Waals surface area contributed by atoms with Gasteiger partial charge in [0.1, 0.15) is 11.9 Å². The van der Waals surface area contributed by atoms with E-state index in [9.17, 15) is 0 Å². The Hall–Kier alpha value is -1.39. The van der Waals surface area contributed by atoms with Gasteiger partial charge in [-0.05, 0) is 19.0 Å². The summed E-state index contributed by atoms with van der Waals surface area (Å²) in [5, 5.41) is 3.62. The Bertz CT molecular complexity index is 527. The molecule has 2 unspecified atom stereocenters. The summed E-state index contributed by atoms with van der Waals surface area (Å²) in [6.07, 6.45) is 4.15. The molecule has 0 spiro atoms. The lowest BCUT2D eigenvalue weighted by Crippen LogP contribution is -2.29. The van der Waals surface area contributed by atoms with Gasteiger partial charge in [0.25, 0.3) is 0 Å². The topological polar surface area (TPSA) is 34.2 Å². The fraction of sp³-hybridized carbons (Fsp3) is 0.400. The average Bonchev–Trinajstić information content (AvgIpc) is 2.98. The van der Waals surface area contributed by atoms with Gasteiger partial charge in [-0.15, -0.1) is 11.3 Å². The molecular formula is C15H18N2OS. The summed E-state index contributed by atoms with van der Waals surface area (Å²) in [6.45, 7) is 3.23. The van der Waals surface area contributed by atoms with Crippen LogP contribution in [0.3, 0.4) is 0 Å². The molecular weight excluding hydrogens is 256 g/mol. The van der Waals surface area contributed by atoms with Crippen LogP contribution >= 0.6 is 11.3 Å². The monoisotopic (exact) mass is 274 g/mol. The lowest BCUT2D eigenvalue weighted by molar-refractivity contribution is 0.154. The zero-order valence-electron chi connectivity index (χ0n) is 11.0. The number of rotatable bonds is 4. The predicted molar refractivity (Wildman–Crippen MR) is 77.6 cm³/mol. The van der Waals surface area contributed by atoms with E-state index in [2.05, 4.69) is 35.4 Å².